The van der Waals surface area contributed by atoms with E-state index >= 15 is 0 Å². The molecule has 21 heavy (non-hydrogen) atoms. The van der Waals surface area contributed by atoms with E-state index in [1.165, 1.54) is 17.3 Å². The Morgan fingerprint density at radius 3 is 2.81 bits per heavy atom. The average molecular weight is 302 g/mol. The molecule has 1 aromatic heterocycles. The van der Waals surface area contributed by atoms with Crippen molar-refractivity contribution in [2.24, 2.45) is 5.92 Å². The standard InChI is InChI=1S/C13H17F3N4O/c1-9-4-18-11(6-17-9)12(21)19-5-10-2-3-20(7-10)8-13(14,15)16/h4,6,10H,2-3,5,7-8H2,1H3,(H,19,21). The molecule has 0 radical (unpaired) electrons. The zero-order valence-electron chi connectivity index (χ0n) is 11.7. The summed E-state index contributed by atoms with van der Waals surface area (Å²) < 4.78 is 36.8. The number of aryl methyl sites for hydroxylation is 1. The summed E-state index contributed by atoms with van der Waals surface area (Å²) in [6.07, 6.45) is -0.642. The first-order valence-electron chi connectivity index (χ1n) is 6.69. The van der Waals surface area contributed by atoms with Crippen molar-refractivity contribution in [1.29, 1.82) is 0 Å². The summed E-state index contributed by atoms with van der Waals surface area (Å²) in [6.45, 7) is 1.98. The number of hydrogen-bond acceptors (Lipinski definition) is 4. The summed E-state index contributed by atoms with van der Waals surface area (Å²) in [6, 6.07) is 0. The first kappa shape index (κ1) is 15.7. The molecule has 0 bridgehead atoms. The molecule has 1 amide bonds. The molecule has 2 heterocycles. The normalized spacial score (nSPS) is 19.7. The number of likely N-dealkylation sites (tertiary alicyclic amines) is 1. The summed E-state index contributed by atoms with van der Waals surface area (Å²) >= 11 is 0. The fourth-order valence-electron chi connectivity index (χ4n) is 2.31. The van der Waals surface area contributed by atoms with E-state index in [4.69, 9.17) is 0 Å². The number of carbonyl (C=O) groups is 1. The van der Waals surface area contributed by atoms with Crippen LogP contribution in [0.4, 0.5) is 13.2 Å². The third kappa shape index (κ3) is 4.96. The molecular weight excluding hydrogens is 285 g/mol. The molecule has 0 aliphatic carbocycles. The maximum absolute atomic E-state index is 12.3. The van der Waals surface area contributed by atoms with E-state index in [0.717, 1.165) is 0 Å². The first-order valence-corrected chi connectivity index (χ1v) is 6.69. The molecule has 1 atom stereocenters. The van der Waals surface area contributed by atoms with Gasteiger partial charge in [0.1, 0.15) is 5.69 Å². The smallest absolute Gasteiger partial charge is 0.350 e. The van der Waals surface area contributed by atoms with E-state index in [0.29, 0.717) is 31.7 Å². The number of amides is 1. The number of alkyl halides is 3. The molecule has 5 nitrogen and oxygen atoms in total. The third-order valence-electron chi connectivity index (χ3n) is 3.34. The van der Waals surface area contributed by atoms with Crippen LogP contribution in [0.15, 0.2) is 12.4 Å². The predicted molar refractivity (Wildman–Crippen MR) is 69.7 cm³/mol. The number of halogens is 3. The van der Waals surface area contributed by atoms with Gasteiger partial charge in [-0.05, 0) is 25.8 Å². The maximum atomic E-state index is 12.3. The minimum absolute atomic E-state index is 0.0368. The van der Waals surface area contributed by atoms with Crippen LogP contribution in [-0.4, -0.2) is 53.1 Å². The Bertz CT molecular complexity index is 489. The van der Waals surface area contributed by atoms with Crippen molar-refractivity contribution >= 4 is 5.91 Å². The zero-order valence-corrected chi connectivity index (χ0v) is 11.7. The number of hydrogen-bond donors (Lipinski definition) is 1. The Kier molecular flexibility index (Phi) is 4.76. The fourth-order valence-corrected chi connectivity index (χ4v) is 2.31. The molecule has 116 valence electrons. The lowest BCUT2D eigenvalue weighted by molar-refractivity contribution is -0.143. The van der Waals surface area contributed by atoms with Gasteiger partial charge in [0, 0.05) is 19.3 Å². The zero-order chi connectivity index (χ0) is 15.5. The van der Waals surface area contributed by atoms with Crippen LogP contribution in [0.5, 0.6) is 0 Å². The molecule has 1 saturated heterocycles. The minimum atomic E-state index is -4.17. The lowest BCUT2D eigenvalue weighted by atomic mass is 10.1. The Balaban J connectivity index is 1.76. The van der Waals surface area contributed by atoms with Crippen molar-refractivity contribution in [1.82, 2.24) is 20.2 Å². The average Bonchev–Trinajstić information content (AvgIpc) is 2.82. The summed E-state index contributed by atoms with van der Waals surface area (Å²) in [5, 5.41) is 2.69. The summed E-state index contributed by atoms with van der Waals surface area (Å²) in [5.41, 5.74) is 0.927. The van der Waals surface area contributed by atoms with E-state index in [1.807, 2.05) is 0 Å². The molecule has 0 aromatic carbocycles. The van der Waals surface area contributed by atoms with Crippen LogP contribution >= 0.6 is 0 Å². The number of carbonyl (C=O) groups excluding carboxylic acids is 1. The summed E-state index contributed by atoms with van der Waals surface area (Å²) in [5.74, 6) is -0.313. The number of nitrogens with one attached hydrogen (secondary N) is 1. The van der Waals surface area contributed by atoms with Crippen molar-refractivity contribution in [2.75, 3.05) is 26.2 Å². The van der Waals surface area contributed by atoms with E-state index < -0.39 is 12.7 Å². The lowest BCUT2D eigenvalue weighted by Crippen LogP contribution is -2.34. The van der Waals surface area contributed by atoms with Crippen LogP contribution in [0.2, 0.25) is 0 Å². The molecule has 0 saturated carbocycles. The van der Waals surface area contributed by atoms with Crippen LogP contribution in [0, 0.1) is 12.8 Å². The van der Waals surface area contributed by atoms with Gasteiger partial charge in [0.25, 0.3) is 5.91 Å². The quantitative estimate of drug-likeness (QED) is 0.913. The molecule has 0 spiro atoms. The van der Waals surface area contributed by atoms with E-state index in [9.17, 15) is 18.0 Å². The van der Waals surface area contributed by atoms with Gasteiger partial charge in [-0.2, -0.15) is 13.2 Å². The Hall–Kier alpha value is -1.70. The van der Waals surface area contributed by atoms with E-state index in [-0.39, 0.29) is 17.5 Å². The predicted octanol–water partition coefficient (Wildman–Crippen LogP) is 1.40. The molecule has 1 N–H and O–H groups in total. The van der Waals surface area contributed by atoms with Gasteiger partial charge in [0.2, 0.25) is 0 Å². The SMILES string of the molecule is Cc1cnc(C(=O)NCC2CCN(CC(F)(F)F)C2)cn1. The van der Waals surface area contributed by atoms with Crippen molar-refractivity contribution in [3.63, 3.8) is 0 Å². The van der Waals surface area contributed by atoms with Crippen LogP contribution < -0.4 is 5.32 Å². The van der Waals surface area contributed by atoms with Gasteiger partial charge in [0.05, 0.1) is 18.4 Å². The highest BCUT2D eigenvalue weighted by Crippen LogP contribution is 2.22. The minimum Gasteiger partial charge on any atom is -0.350 e. The van der Waals surface area contributed by atoms with Crippen molar-refractivity contribution in [3.05, 3.63) is 23.8 Å². The van der Waals surface area contributed by atoms with E-state index in [2.05, 4.69) is 15.3 Å². The second-order valence-corrected chi connectivity index (χ2v) is 5.26. The van der Waals surface area contributed by atoms with Gasteiger partial charge in [0.15, 0.2) is 0 Å². The summed E-state index contributed by atoms with van der Waals surface area (Å²) in [4.78, 5) is 21.1. The molecule has 1 aromatic rings. The Morgan fingerprint density at radius 1 is 1.43 bits per heavy atom. The van der Waals surface area contributed by atoms with Crippen LogP contribution in [0.3, 0.4) is 0 Å². The fraction of sp³-hybridized carbons (Fsp3) is 0.615. The van der Waals surface area contributed by atoms with Gasteiger partial charge in [-0.25, -0.2) is 4.98 Å². The number of nitrogens with zero attached hydrogens (tertiary/aromatic N) is 3. The molecule has 1 aliphatic heterocycles. The van der Waals surface area contributed by atoms with Gasteiger partial charge >= 0.3 is 6.18 Å². The van der Waals surface area contributed by atoms with Crippen LogP contribution in [0.25, 0.3) is 0 Å². The van der Waals surface area contributed by atoms with Crippen molar-refractivity contribution in [3.8, 4) is 0 Å². The third-order valence-corrected chi connectivity index (χ3v) is 3.34. The monoisotopic (exact) mass is 302 g/mol. The highest BCUT2D eigenvalue weighted by molar-refractivity contribution is 5.91. The number of aromatic nitrogens is 2. The van der Waals surface area contributed by atoms with E-state index in [1.54, 1.807) is 6.92 Å². The van der Waals surface area contributed by atoms with Crippen LogP contribution in [0.1, 0.15) is 22.6 Å². The first-order chi connectivity index (χ1) is 9.83. The van der Waals surface area contributed by atoms with Gasteiger partial charge in [-0.15, -0.1) is 0 Å². The molecule has 1 aliphatic rings. The largest absolute Gasteiger partial charge is 0.401 e. The molecule has 1 unspecified atom stereocenters. The Morgan fingerprint density at radius 2 is 2.19 bits per heavy atom. The topological polar surface area (TPSA) is 58.1 Å². The Labute approximate surface area is 120 Å². The molecule has 2 rings (SSSR count). The second kappa shape index (κ2) is 6.38. The van der Waals surface area contributed by atoms with Gasteiger partial charge in [-0.1, -0.05) is 0 Å². The number of rotatable bonds is 4. The highest BCUT2D eigenvalue weighted by atomic mass is 19.4. The van der Waals surface area contributed by atoms with Gasteiger partial charge < -0.3 is 5.32 Å². The lowest BCUT2D eigenvalue weighted by Gasteiger charge is -2.17. The maximum Gasteiger partial charge on any atom is 0.401 e. The van der Waals surface area contributed by atoms with Crippen molar-refractivity contribution in [2.45, 2.75) is 19.5 Å². The molecular formula is C13H17F3N4O. The van der Waals surface area contributed by atoms with Gasteiger partial charge in [-0.3, -0.25) is 14.7 Å². The summed E-state index contributed by atoms with van der Waals surface area (Å²) in [7, 11) is 0. The molecule has 8 heteroatoms. The highest BCUT2D eigenvalue weighted by Gasteiger charge is 2.34. The second-order valence-electron chi connectivity index (χ2n) is 5.26. The molecule has 1 fully saturated rings. The van der Waals surface area contributed by atoms with Crippen molar-refractivity contribution < 1.29 is 18.0 Å². The van der Waals surface area contributed by atoms with Crippen LogP contribution in [-0.2, 0) is 0 Å².